The van der Waals surface area contributed by atoms with Crippen LogP contribution in [0.25, 0.3) is 11.2 Å². The molecule has 0 saturated carbocycles. The average Bonchev–Trinajstić information content (AvgIpc) is 3.45. The lowest BCUT2D eigenvalue weighted by atomic mass is 10.0. The van der Waals surface area contributed by atoms with Crippen molar-refractivity contribution in [1.82, 2.24) is 19.5 Å². The summed E-state index contributed by atoms with van der Waals surface area (Å²) >= 11 is 5.70. The highest BCUT2D eigenvalue weighted by Crippen LogP contribution is 2.48. The standard InChI is InChI=1S/C33H60N5O7PS2/c1-5-6-7-8-9-10-11-12-13-14-15-16-17-18-21-48(47)22-19-20-43-46(40,44-26-41-33(39)45-28(2)3)27-42-29(4)23-38-25-37-30-31(34)35-24-36-32(30)38/h24-25,28-29H,5-23,26-27H2,1-4H3,(H2,34,35,36)/t29-,46-,48?/m1/s1. The van der Waals surface area contributed by atoms with Crippen LogP contribution in [0.4, 0.5) is 10.6 Å². The van der Waals surface area contributed by atoms with Gasteiger partial charge in [0.15, 0.2) is 11.5 Å². The Labute approximate surface area is 295 Å². The molecule has 2 rings (SSSR count). The van der Waals surface area contributed by atoms with E-state index in [-0.39, 0.29) is 34.3 Å². The van der Waals surface area contributed by atoms with Crippen LogP contribution in [0.15, 0.2) is 12.7 Å². The van der Waals surface area contributed by atoms with Crippen LogP contribution in [0.1, 0.15) is 124 Å². The Morgan fingerprint density at radius 3 is 2.12 bits per heavy atom. The Morgan fingerprint density at radius 1 is 0.896 bits per heavy atom. The number of carbonyl (C=O) groups excluding carboxylic acids is 1. The van der Waals surface area contributed by atoms with Gasteiger partial charge in [0.05, 0.1) is 31.7 Å². The van der Waals surface area contributed by atoms with Crippen LogP contribution in [0.3, 0.4) is 0 Å². The quantitative estimate of drug-likeness (QED) is 0.0370. The fraction of sp³-hybridized carbons (Fsp3) is 0.818. The minimum Gasteiger partial charge on any atom is -0.432 e. The number of fused-ring (bicyclic) bond motifs is 1. The molecule has 0 bridgehead atoms. The van der Waals surface area contributed by atoms with Crippen molar-refractivity contribution < 1.29 is 32.6 Å². The number of nitrogens with two attached hydrogens (primary N) is 1. The van der Waals surface area contributed by atoms with E-state index in [4.69, 9.17) is 40.2 Å². The number of aromatic nitrogens is 4. The number of rotatable bonds is 29. The summed E-state index contributed by atoms with van der Waals surface area (Å²) < 4.78 is 42.2. The maximum absolute atomic E-state index is 13.6. The fourth-order valence-corrected chi connectivity index (χ4v) is 8.22. The molecule has 0 saturated heterocycles. The molecule has 1 unspecified atom stereocenters. The summed E-state index contributed by atoms with van der Waals surface area (Å²) in [5.74, 6) is 2.12. The second kappa shape index (κ2) is 25.3. The van der Waals surface area contributed by atoms with Crippen LogP contribution < -0.4 is 5.73 Å². The molecule has 0 aliphatic heterocycles. The van der Waals surface area contributed by atoms with Crippen LogP contribution in [0.2, 0.25) is 0 Å². The van der Waals surface area contributed by atoms with E-state index < -0.39 is 26.6 Å². The van der Waals surface area contributed by atoms with Crippen molar-refractivity contribution in [2.24, 2.45) is 0 Å². The fourth-order valence-electron chi connectivity index (χ4n) is 5.06. The van der Waals surface area contributed by atoms with E-state index in [0.717, 1.165) is 17.9 Å². The normalized spacial score (nSPS) is 14.3. The lowest BCUT2D eigenvalue weighted by Gasteiger charge is -2.21. The maximum atomic E-state index is 13.6. The lowest BCUT2D eigenvalue weighted by Crippen LogP contribution is -2.19. The van der Waals surface area contributed by atoms with E-state index in [1.807, 2.05) is 6.92 Å². The van der Waals surface area contributed by atoms with E-state index >= 15 is 0 Å². The van der Waals surface area contributed by atoms with Crippen LogP contribution in [0, 0.1) is 0 Å². The molecular formula is C33H60N5O7PS2. The molecule has 0 fully saturated rings. The van der Waals surface area contributed by atoms with E-state index in [9.17, 15) is 9.36 Å². The van der Waals surface area contributed by atoms with Gasteiger partial charge in [-0.2, -0.15) is 0 Å². The smallest absolute Gasteiger partial charge is 0.432 e. The zero-order valence-electron chi connectivity index (χ0n) is 29.6. The number of nitrogens with zero attached hydrogens (tertiary/aromatic N) is 4. The predicted octanol–water partition coefficient (Wildman–Crippen LogP) is 8.47. The van der Waals surface area contributed by atoms with Gasteiger partial charge in [-0.05, 0) is 39.4 Å². The summed E-state index contributed by atoms with van der Waals surface area (Å²) in [6.07, 6.45) is 20.3. The maximum Gasteiger partial charge on any atom is 0.510 e. The molecular weight excluding hydrogens is 673 g/mol. The first-order valence-electron chi connectivity index (χ1n) is 17.7. The molecule has 0 amide bonds. The van der Waals surface area contributed by atoms with Gasteiger partial charge in [0.1, 0.15) is 18.2 Å². The van der Waals surface area contributed by atoms with Crippen molar-refractivity contribution in [3.05, 3.63) is 12.7 Å². The molecule has 0 spiro atoms. The molecule has 48 heavy (non-hydrogen) atoms. The first-order chi connectivity index (χ1) is 23.1. The van der Waals surface area contributed by atoms with Crippen molar-refractivity contribution in [2.45, 2.75) is 143 Å². The molecule has 2 heterocycles. The number of hydrogen-bond acceptors (Lipinski definition) is 12. The Morgan fingerprint density at radius 2 is 1.50 bits per heavy atom. The van der Waals surface area contributed by atoms with Crippen molar-refractivity contribution >= 4 is 51.4 Å². The van der Waals surface area contributed by atoms with Crippen LogP contribution in [-0.2, 0) is 55.0 Å². The molecule has 2 aromatic heterocycles. The molecule has 2 N–H and O–H groups in total. The zero-order valence-corrected chi connectivity index (χ0v) is 32.2. The minimum atomic E-state index is -3.78. The van der Waals surface area contributed by atoms with Gasteiger partial charge in [-0.25, -0.2) is 19.7 Å². The number of imidazole rings is 1. The van der Waals surface area contributed by atoms with Crippen molar-refractivity contribution in [3.8, 4) is 0 Å². The largest absolute Gasteiger partial charge is 0.510 e. The second-order valence-electron chi connectivity index (χ2n) is 12.5. The number of ether oxygens (including phenoxy) is 3. The van der Waals surface area contributed by atoms with E-state index in [1.54, 1.807) is 24.7 Å². The summed E-state index contributed by atoms with van der Waals surface area (Å²) in [6, 6.07) is 0. The number of nitrogen functional groups attached to an aromatic ring is 1. The summed E-state index contributed by atoms with van der Waals surface area (Å²) in [5.41, 5.74) is 6.95. The summed E-state index contributed by atoms with van der Waals surface area (Å²) in [6.45, 7) is 7.44. The first kappa shape index (κ1) is 42.5. The highest BCUT2D eigenvalue weighted by atomic mass is 32.8. The number of carbonyl (C=O) groups is 1. The van der Waals surface area contributed by atoms with Crippen molar-refractivity contribution in [1.29, 1.82) is 0 Å². The van der Waals surface area contributed by atoms with Gasteiger partial charge in [-0.1, -0.05) is 102 Å². The third-order valence-electron chi connectivity index (χ3n) is 7.69. The topological polar surface area (TPSA) is 150 Å². The van der Waals surface area contributed by atoms with Crippen LogP contribution in [-0.4, -0.2) is 69.1 Å². The third-order valence-corrected chi connectivity index (χ3v) is 11.7. The first-order valence-corrected chi connectivity index (χ1v) is 21.9. The number of anilines is 1. The van der Waals surface area contributed by atoms with Gasteiger partial charge in [0.25, 0.3) is 0 Å². The van der Waals surface area contributed by atoms with Gasteiger partial charge < -0.3 is 29.0 Å². The van der Waals surface area contributed by atoms with Gasteiger partial charge in [0, 0.05) is 5.75 Å². The Bertz CT molecular complexity index is 1240. The molecule has 276 valence electrons. The molecule has 0 aliphatic carbocycles. The van der Waals surface area contributed by atoms with Crippen molar-refractivity contribution in [3.63, 3.8) is 0 Å². The average molecular weight is 734 g/mol. The monoisotopic (exact) mass is 733 g/mol. The third kappa shape index (κ3) is 18.9. The van der Waals surface area contributed by atoms with Crippen LogP contribution in [0.5, 0.6) is 0 Å². The lowest BCUT2D eigenvalue weighted by molar-refractivity contribution is -0.0180. The van der Waals surface area contributed by atoms with E-state index in [0.29, 0.717) is 24.1 Å². The summed E-state index contributed by atoms with van der Waals surface area (Å²) in [5, 5.41) is 0. The van der Waals surface area contributed by atoms with Gasteiger partial charge in [-0.3, -0.25) is 9.09 Å². The van der Waals surface area contributed by atoms with E-state index in [1.165, 1.54) is 89.8 Å². The minimum absolute atomic E-state index is 0.147. The molecule has 2 aromatic rings. The van der Waals surface area contributed by atoms with E-state index in [2.05, 4.69) is 21.9 Å². The molecule has 3 atom stereocenters. The SMILES string of the molecule is CCCCCCCCCCCCCCCCS(=S)CCCO[P@](=O)(CO[C@H](C)Cn1cnc2c(N)ncnc21)OCOC(=O)OC(C)C. The summed E-state index contributed by atoms with van der Waals surface area (Å²) in [4.78, 5) is 24.2. The second-order valence-corrected chi connectivity index (χ2v) is 17.6. The van der Waals surface area contributed by atoms with Gasteiger partial charge in [-0.15, -0.1) is 9.45 Å². The predicted molar refractivity (Wildman–Crippen MR) is 197 cm³/mol. The number of hydrogen-bond donors (Lipinski definition) is 1. The van der Waals surface area contributed by atoms with Gasteiger partial charge in [0.2, 0.25) is 6.79 Å². The zero-order chi connectivity index (χ0) is 35.0. The Balaban J connectivity index is 1.66. The molecule has 0 aliphatic rings. The molecule has 0 radical (unpaired) electrons. The number of unbranched alkanes of at least 4 members (excludes halogenated alkanes) is 13. The Kier molecular flexibility index (Phi) is 22.4. The van der Waals surface area contributed by atoms with Gasteiger partial charge >= 0.3 is 13.8 Å². The highest BCUT2D eigenvalue weighted by Gasteiger charge is 2.28. The molecule has 12 nitrogen and oxygen atoms in total. The Hall–Kier alpha value is -1.70. The molecule has 0 aromatic carbocycles. The summed E-state index contributed by atoms with van der Waals surface area (Å²) in [7, 11) is -3.93. The highest BCUT2D eigenvalue weighted by molar-refractivity contribution is 8.28. The molecule has 15 heteroatoms. The van der Waals surface area contributed by atoms with Crippen LogP contribution >= 0.6 is 7.60 Å². The van der Waals surface area contributed by atoms with Crippen molar-refractivity contribution in [2.75, 3.05) is 37.0 Å².